The molecule has 30 heavy (non-hydrogen) atoms. The van der Waals surface area contributed by atoms with E-state index in [0.717, 1.165) is 40.6 Å². The number of carbonyl (C=O) groups is 1. The number of likely N-dealkylation sites (tertiary alicyclic amines) is 1. The van der Waals surface area contributed by atoms with Gasteiger partial charge < -0.3 is 4.90 Å². The quantitative estimate of drug-likeness (QED) is 0.567. The number of hydrogen-bond donors (Lipinski definition) is 0. The van der Waals surface area contributed by atoms with Gasteiger partial charge in [0.1, 0.15) is 0 Å². The monoisotopic (exact) mass is 421 g/mol. The van der Waals surface area contributed by atoms with Crippen LogP contribution in [0.1, 0.15) is 38.7 Å². The summed E-state index contributed by atoms with van der Waals surface area (Å²) < 4.78 is 2.03. The topological polar surface area (TPSA) is 63.9 Å². The van der Waals surface area contributed by atoms with E-state index in [1.807, 2.05) is 33.7 Å². The van der Waals surface area contributed by atoms with Crippen LogP contribution < -0.4 is 0 Å². The number of thioether (sulfide) groups is 1. The Hall–Kier alpha value is -2.67. The third-order valence-corrected chi connectivity index (χ3v) is 6.55. The van der Waals surface area contributed by atoms with Gasteiger partial charge in [-0.05, 0) is 69.9 Å². The number of piperidine rings is 1. The van der Waals surface area contributed by atoms with Gasteiger partial charge in [-0.25, -0.2) is 0 Å². The largest absolute Gasteiger partial charge is 0.337 e. The van der Waals surface area contributed by atoms with Gasteiger partial charge in [0, 0.05) is 35.7 Å². The van der Waals surface area contributed by atoms with Crippen molar-refractivity contribution in [1.82, 2.24) is 24.6 Å². The lowest BCUT2D eigenvalue weighted by Crippen LogP contribution is -2.48. The lowest BCUT2D eigenvalue weighted by molar-refractivity contribution is -0.134. The Morgan fingerprint density at radius 2 is 1.83 bits per heavy atom. The zero-order chi connectivity index (χ0) is 21.1. The highest BCUT2D eigenvalue weighted by Gasteiger charge is 2.29. The van der Waals surface area contributed by atoms with Crippen molar-refractivity contribution in [2.45, 2.75) is 57.3 Å². The number of carbonyl (C=O) groups excluding carboxylic acids is 1. The van der Waals surface area contributed by atoms with Crippen molar-refractivity contribution >= 4 is 17.7 Å². The number of aromatic nitrogens is 4. The minimum atomic E-state index is 0.170. The van der Waals surface area contributed by atoms with Crippen LogP contribution in [-0.2, 0) is 4.79 Å². The second-order valence-electron chi connectivity index (χ2n) is 7.94. The Morgan fingerprint density at radius 1 is 1.10 bits per heavy atom. The smallest absolute Gasteiger partial charge is 0.233 e. The predicted octanol–water partition coefficient (Wildman–Crippen LogP) is 4.52. The first kappa shape index (κ1) is 20.6. The molecule has 0 radical (unpaired) electrons. The average Bonchev–Trinajstić information content (AvgIpc) is 3.17. The van der Waals surface area contributed by atoms with Crippen molar-refractivity contribution in [3.05, 3.63) is 54.4 Å². The van der Waals surface area contributed by atoms with Gasteiger partial charge in [-0.3, -0.25) is 14.3 Å². The Morgan fingerprint density at radius 3 is 2.53 bits per heavy atom. The zero-order valence-electron chi connectivity index (χ0n) is 17.7. The summed E-state index contributed by atoms with van der Waals surface area (Å²) in [4.78, 5) is 19.2. The number of amides is 1. The van der Waals surface area contributed by atoms with E-state index in [9.17, 15) is 4.79 Å². The molecule has 0 aliphatic carbocycles. The Kier molecular flexibility index (Phi) is 6.18. The molecular formula is C23H27N5OS. The predicted molar refractivity (Wildman–Crippen MR) is 120 cm³/mol. The van der Waals surface area contributed by atoms with E-state index in [1.165, 1.54) is 18.2 Å². The molecule has 3 aromatic rings. The average molecular weight is 422 g/mol. The summed E-state index contributed by atoms with van der Waals surface area (Å²) in [7, 11) is 0. The molecule has 0 unspecified atom stereocenters. The Bertz CT molecular complexity index is 1010. The molecule has 0 bridgehead atoms. The van der Waals surface area contributed by atoms with Gasteiger partial charge in [0.05, 0.1) is 5.75 Å². The van der Waals surface area contributed by atoms with Crippen LogP contribution in [0.15, 0.2) is 53.9 Å². The first-order valence-corrected chi connectivity index (χ1v) is 11.4. The van der Waals surface area contributed by atoms with E-state index in [0.29, 0.717) is 17.8 Å². The summed E-state index contributed by atoms with van der Waals surface area (Å²) in [5.74, 6) is 1.27. The number of pyridine rings is 1. The van der Waals surface area contributed by atoms with Crippen LogP contribution in [-0.4, -0.2) is 48.4 Å². The summed E-state index contributed by atoms with van der Waals surface area (Å²) in [5, 5.41) is 9.61. The van der Waals surface area contributed by atoms with E-state index in [2.05, 4.69) is 48.1 Å². The molecule has 6 nitrogen and oxygen atoms in total. The molecule has 1 aromatic carbocycles. The summed E-state index contributed by atoms with van der Waals surface area (Å²) in [6.07, 6.45) is 6.84. The number of aryl methyl sites for hydroxylation is 1. The minimum Gasteiger partial charge on any atom is -0.337 e. The SMILES string of the molecule is Cc1cccc(-n2c(SCC(=O)N3[C@@H](C)CCC[C@@H]3C)nnc2-c2ccncc2)c1. The van der Waals surface area contributed by atoms with Crippen molar-refractivity contribution < 1.29 is 4.79 Å². The second kappa shape index (κ2) is 9.00. The molecule has 4 rings (SSSR count). The summed E-state index contributed by atoms with van der Waals surface area (Å²) in [6, 6.07) is 12.7. The second-order valence-corrected chi connectivity index (χ2v) is 8.88. The summed E-state index contributed by atoms with van der Waals surface area (Å²) in [6.45, 7) is 6.36. The van der Waals surface area contributed by atoms with E-state index >= 15 is 0 Å². The lowest BCUT2D eigenvalue weighted by atomic mass is 9.98. The first-order valence-electron chi connectivity index (χ1n) is 10.4. The lowest BCUT2D eigenvalue weighted by Gasteiger charge is -2.39. The van der Waals surface area contributed by atoms with Crippen molar-refractivity contribution in [3.63, 3.8) is 0 Å². The molecule has 7 heteroatoms. The maximum absolute atomic E-state index is 13.0. The molecule has 2 atom stereocenters. The molecule has 2 aromatic heterocycles. The van der Waals surface area contributed by atoms with Gasteiger partial charge in [-0.15, -0.1) is 10.2 Å². The van der Waals surface area contributed by atoms with E-state index in [-0.39, 0.29) is 5.91 Å². The fourth-order valence-electron chi connectivity index (χ4n) is 4.16. The van der Waals surface area contributed by atoms with E-state index in [4.69, 9.17) is 0 Å². The molecule has 1 amide bonds. The van der Waals surface area contributed by atoms with Crippen molar-refractivity contribution in [2.24, 2.45) is 0 Å². The molecular weight excluding hydrogens is 394 g/mol. The highest BCUT2D eigenvalue weighted by Crippen LogP contribution is 2.29. The Balaban J connectivity index is 1.63. The number of hydrogen-bond acceptors (Lipinski definition) is 5. The third kappa shape index (κ3) is 4.26. The standard InChI is InChI=1S/C23H27N5OS/c1-16-6-4-9-20(14-16)28-22(19-10-12-24-13-11-19)25-26-23(28)30-15-21(29)27-17(2)7-5-8-18(27)3/h4,6,9-14,17-18H,5,7-8,15H2,1-3H3/t17-,18-/m0/s1. The normalized spacial score (nSPS) is 19.1. The first-order chi connectivity index (χ1) is 14.5. The van der Waals surface area contributed by atoms with Gasteiger partial charge in [-0.1, -0.05) is 23.9 Å². The molecule has 3 heterocycles. The molecule has 0 spiro atoms. The van der Waals surface area contributed by atoms with Crippen LogP contribution >= 0.6 is 11.8 Å². The molecule has 0 saturated carbocycles. The number of rotatable bonds is 5. The van der Waals surface area contributed by atoms with Crippen molar-refractivity contribution in [3.8, 4) is 17.1 Å². The highest BCUT2D eigenvalue weighted by atomic mass is 32.2. The maximum Gasteiger partial charge on any atom is 0.233 e. The fraction of sp³-hybridized carbons (Fsp3) is 0.391. The zero-order valence-corrected chi connectivity index (χ0v) is 18.5. The summed E-state index contributed by atoms with van der Waals surface area (Å²) in [5.41, 5.74) is 3.08. The van der Waals surface area contributed by atoms with Crippen molar-refractivity contribution in [2.75, 3.05) is 5.75 Å². The van der Waals surface area contributed by atoms with Gasteiger partial charge in [-0.2, -0.15) is 0 Å². The van der Waals surface area contributed by atoms with E-state index < -0.39 is 0 Å². The molecule has 1 fully saturated rings. The fourth-order valence-corrected chi connectivity index (χ4v) is 4.99. The van der Waals surface area contributed by atoms with Crippen molar-refractivity contribution in [1.29, 1.82) is 0 Å². The highest BCUT2D eigenvalue weighted by molar-refractivity contribution is 7.99. The molecule has 156 valence electrons. The number of benzene rings is 1. The van der Waals surface area contributed by atoms with Gasteiger partial charge in [0.25, 0.3) is 0 Å². The van der Waals surface area contributed by atoms with Crippen LogP contribution in [0, 0.1) is 6.92 Å². The maximum atomic E-state index is 13.0. The van der Waals surface area contributed by atoms with Gasteiger partial charge in [0.15, 0.2) is 11.0 Å². The molecule has 1 aliphatic rings. The van der Waals surface area contributed by atoms with E-state index in [1.54, 1.807) is 12.4 Å². The van der Waals surface area contributed by atoms with Crippen LogP contribution in [0.2, 0.25) is 0 Å². The third-order valence-electron chi connectivity index (χ3n) is 5.64. The summed E-state index contributed by atoms with van der Waals surface area (Å²) >= 11 is 1.45. The molecule has 1 saturated heterocycles. The minimum absolute atomic E-state index is 0.170. The molecule has 0 N–H and O–H groups in total. The number of nitrogens with zero attached hydrogens (tertiary/aromatic N) is 5. The van der Waals surface area contributed by atoms with Gasteiger partial charge >= 0.3 is 0 Å². The van der Waals surface area contributed by atoms with Crippen LogP contribution in [0.25, 0.3) is 17.1 Å². The van der Waals surface area contributed by atoms with Crippen LogP contribution in [0.5, 0.6) is 0 Å². The Labute approximate surface area is 181 Å². The van der Waals surface area contributed by atoms with Crippen LogP contribution in [0.4, 0.5) is 0 Å². The van der Waals surface area contributed by atoms with Crippen LogP contribution in [0.3, 0.4) is 0 Å². The molecule has 1 aliphatic heterocycles. The van der Waals surface area contributed by atoms with Gasteiger partial charge in [0.2, 0.25) is 5.91 Å².